The van der Waals surface area contributed by atoms with E-state index in [1.165, 1.54) is 4.57 Å². The van der Waals surface area contributed by atoms with Gasteiger partial charge in [0, 0.05) is 25.4 Å². The van der Waals surface area contributed by atoms with Crippen LogP contribution in [0, 0.1) is 0 Å². The third-order valence-corrected chi connectivity index (χ3v) is 3.37. The standard InChI is InChI=1S/C10H13N5O2S/c1-15-9(13-14-10(15)18(11,16)17)6-5-8-4-2-3-7-12-8/h2-4,7H,5-6H2,1H3,(H2,11,16,17). The van der Waals surface area contributed by atoms with Crippen LogP contribution in [-0.4, -0.2) is 28.2 Å². The average Bonchev–Trinajstić information content (AvgIpc) is 2.69. The van der Waals surface area contributed by atoms with Gasteiger partial charge in [-0.15, -0.1) is 10.2 Å². The van der Waals surface area contributed by atoms with Gasteiger partial charge >= 0.3 is 0 Å². The van der Waals surface area contributed by atoms with E-state index in [9.17, 15) is 8.42 Å². The van der Waals surface area contributed by atoms with Crippen molar-refractivity contribution in [2.75, 3.05) is 0 Å². The average molecular weight is 267 g/mol. The SMILES string of the molecule is Cn1c(CCc2ccccn2)nnc1S(N)(=O)=O. The Bertz CT molecular complexity index is 636. The Morgan fingerprint density at radius 3 is 2.61 bits per heavy atom. The summed E-state index contributed by atoms with van der Waals surface area (Å²) >= 11 is 0. The number of hydrogen-bond acceptors (Lipinski definition) is 5. The van der Waals surface area contributed by atoms with Crippen LogP contribution in [0.5, 0.6) is 0 Å². The molecule has 8 heteroatoms. The Morgan fingerprint density at radius 1 is 1.28 bits per heavy atom. The van der Waals surface area contributed by atoms with Gasteiger partial charge in [0.15, 0.2) is 0 Å². The first-order valence-corrected chi connectivity index (χ1v) is 6.84. The minimum atomic E-state index is -3.82. The van der Waals surface area contributed by atoms with Crippen molar-refractivity contribution >= 4 is 10.0 Å². The van der Waals surface area contributed by atoms with Crippen LogP contribution in [-0.2, 0) is 29.9 Å². The maximum absolute atomic E-state index is 11.2. The second-order valence-corrected chi connectivity index (χ2v) is 5.28. The maximum Gasteiger partial charge on any atom is 0.273 e. The fourth-order valence-electron chi connectivity index (χ4n) is 1.60. The monoisotopic (exact) mass is 267 g/mol. The van der Waals surface area contributed by atoms with E-state index in [2.05, 4.69) is 15.2 Å². The van der Waals surface area contributed by atoms with Crippen molar-refractivity contribution in [2.45, 2.75) is 18.0 Å². The van der Waals surface area contributed by atoms with Crippen LogP contribution < -0.4 is 5.14 Å². The number of sulfonamides is 1. The molecule has 2 rings (SSSR count). The van der Waals surface area contributed by atoms with Gasteiger partial charge in [-0.25, -0.2) is 13.6 Å². The summed E-state index contributed by atoms with van der Waals surface area (Å²) in [6, 6.07) is 5.64. The normalized spacial score (nSPS) is 11.7. The summed E-state index contributed by atoms with van der Waals surface area (Å²) in [7, 11) is -2.24. The van der Waals surface area contributed by atoms with E-state index in [0.29, 0.717) is 18.7 Å². The lowest BCUT2D eigenvalue weighted by Crippen LogP contribution is -2.18. The van der Waals surface area contributed by atoms with Gasteiger partial charge in [-0.1, -0.05) is 6.07 Å². The molecule has 2 heterocycles. The maximum atomic E-state index is 11.2. The second kappa shape index (κ2) is 4.83. The molecule has 0 radical (unpaired) electrons. The lowest BCUT2D eigenvalue weighted by Gasteiger charge is -2.02. The highest BCUT2D eigenvalue weighted by molar-refractivity contribution is 7.89. The Labute approximate surface area is 105 Å². The molecule has 0 aromatic carbocycles. The number of nitrogens with zero attached hydrogens (tertiary/aromatic N) is 4. The Morgan fingerprint density at radius 2 is 2.06 bits per heavy atom. The predicted octanol–water partition coefficient (Wildman–Crippen LogP) is -0.357. The molecule has 0 saturated carbocycles. The largest absolute Gasteiger partial charge is 0.304 e. The van der Waals surface area contributed by atoms with E-state index in [0.717, 1.165) is 5.69 Å². The molecule has 0 bridgehead atoms. The summed E-state index contributed by atoms with van der Waals surface area (Å²) in [5, 5.41) is 12.2. The van der Waals surface area contributed by atoms with Crippen molar-refractivity contribution in [1.29, 1.82) is 0 Å². The van der Waals surface area contributed by atoms with Gasteiger partial charge in [0.05, 0.1) is 0 Å². The number of primary sulfonamides is 1. The summed E-state index contributed by atoms with van der Waals surface area (Å²) in [5.74, 6) is 0.560. The lowest BCUT2D eigenvalue weighted by molar-refractivity contribution is 0.577. The number of aryl methyl sites for hydroxylation is 2. The first kappa shape index (κ1) is 12.7. The van der Waals surface area contributed by atoms with Gasteiger partial charge in [-0.05, 0) is 18.6 Å². The van der Waals surface area contributed by atoms with Crippen LogP contribution in [0.3, 0.4) is 0 Å². The van der Waals surface area contributed by atoms with Crippen molar-refractivity contribution in [2.24, 2.45) is 12.2 Å². The third kappa shape index (κ3) is 2.71. The number of pyridine rings is 1. The molecule has 0 unspecified atom stereocenters. The smallest absolute Gasteiger partial charge is 0.273 e. The lowest BCUT2D eigenvalue weighted by atomic mass is 10.2. The molecule has 0 aliphatic carbocycles. The van der Waals surface area contributed by atoms with Crippen molar-refractivity contribution < 1.29 is 8.42 Å². The molecule has 0 aliphatic rings. The minimum absolute atomic E-state index is 0.224. The molecule has 2 N–H and O–H groups in total. The van der Waals surface area contributed by atoms with Crippen molar-refractivity contribution in [3.63, 3.8) is 0 Å². The molecule has 96 valence electrons. The molecular weight excluding hydrogens is 254 g/mol. The van der Waals surface area contributed by atoms with E-state index >= 15 is 0 Å². The number of nitrogens with two attached hydrogens (primary N) is 1. The number of rotatable bonds is 4. The fourth-order valence-corrected chi connectivity index (χ4v) is 2.24. The zero-order valence-electron chi connectivity index (χ0n) is 9.81. The third-order valence-electron chi connectivity index (χ3n) is 2.51. The summed E-state index contributed by atoms with van der Waals surface area (Å²) in [6.07, 6.45) is 2.93. The molecular formula is C10H13N5O2S. The Balaban J connectivity index is 2.14. The van der Waals surface area contributed by atoms with E-state index in [1.54, 1.807) is 13.2 Å². The molecule has 2 aromatic rings. The Kier molecular flexibility index (Phi) is 3.39. The first-order chi connectivity index (χ1) is 8.48. The van der Waals surface area contributed by atoms with E-state index in [-0.39, 0.29) is 5.16 Å². The van der Waals surface area contributed by atoms with Crippen LogP contribution in [0.2, 0.25) is 0 Å². The zero-order valence-corrected chi connectivity index (χ0v) is 10.6. The van der Waals surface area contributed by atoms with Gasteiger partial charge in [-0.3, -0.25) is 4.98 Å². The molecule has 0 aliphatic heterocycles. The highest BCUT2D eigenvalue weighted by Crippen LogP contribution is 2.07. The highest BCUT2D eigenvalue weighted by Gasteiger charge is 2.18. The Hall–Kier alpha value is -1.80. The van der Waals surface area contributed by atoms with Crippen LogP contribution in [0.25, 0.3) is 0 Å². The fraction of sp³-hybridized carbons (Fsp3) is 0.300. The van der Waals surface area contributed by atoms with Crippen molar-refractivity contribution in [1.82, 2.24) is 19.7 Å². The predicted molar refractivity (Wildman–Crippen MR) is 64.0 cm³/mol. The second-order valence-electron chi connectivity index (χ2n) is 3.82. The van der Waals surface area contributed by atoms with Crippen LogP contribution >= 0.6 is 0 Å². The summed E-state index contributed by atoms with van der Waals surface area (Å²) in [4.78, 5) is 4.18. The molecule has 0 fully saturated rings. The van der Waals surface area contributed by atoms with E-state index in [4.69, 9.17) is 5.14 Å². The number of hydrogen-bond donors (Lipinski definition) is 1. The van der Waals surface area contributed by atoms with E-state index in [1.807, 2.05) is 18.2 Å². The van der Waals surface area contributed by atoms with Gasteiger partial charge in [0.25, 0.3) is 15.2 Å². The molecule has 0 amide bonds. The van der Waals surface area contributed by atoms with E-state index < -0.39 is 10.0 Å². The topological polar surface area (TPSA) is 104 Å². The summed E-state index contributed by atoms with van der Waals surface area (Å²) in [5.41, 5.74) is 0.914. The summed E-state index contributed by atoms with van der Waals surface area (Å²) in [6.45, 7) is 0. The quantitative estimate of drug-likeness (QED) is 0.814. The summed E-state index contributed by atoms with van der Waals surface area (Å²) < 4.78 is 23.8. The van der Waals surface area contributed by atoms with Crippen molar-refractivity contribution in [3.8, 4) is 0 Å². The molecule has 2 aromatic heterocycles. The highest BCUT2D eigenvalue weighted by atomic mass is 32.2. The van der Waals surface area contributed by atoms with Crippen LogP contribution in [0.15, 0.2) is 29.6 Å². The molecule has 7 nitrogen and oxygen atoms in total. The number of aromatic nitrogens is 4. The van der Waals surface area contributed by atoms with Crippen molar-refractivity contribution in [3.05, 3.63) is 35.9 Å². The van der Waals surface area contributed by atoms with Crippen LogP contribution in [0.4, 0.5) is 0 Å². The molecule has 0 saturated heterocycles. The molecule has 18 heavy (non-hydrogen) atoms. The van der Waals surface area contributed by atoms with Crippen LogP contribution in [0.1, 0.15) is 11.5 Å². The van der Waals surface area contributed by atoms with Gasteiger partial charge in [-0.2, -0.15) is 0 Å². The zero-order chi connectivity index (χ0) is 13.2. The van der Waals surface area contributed by atoms with Gasteiger partial charge in [0.1, 0.15) is 5.82 Å². The van der Waals surface area contributed by atoms with Gasteiger partial charge in [0.2, 0.25) is 0 Å². The molecule has 0 atom stereocenters. The first-order valence-electron chi connectivity index (χ1n) is 5.29. The minimum Gasteiger partial charge on any atom is -0.304 e. The molecule has 0 spiro atoms. The van der Waals surface area contributed by atoms with Gasteiger partial charge < -0.3 is 4.57 Å².